The summed E-state index contributed by atoms with van der Waals surface area (Å²) in [6.07, 6.45) is 2.32. The van der Waals surface area contributed by atoms with Gasteiger partial charge in [0, 0.05) is 11.8 Å². The normalized spacial score (nSPS) is 10.9. The van der Waals surface area contributed by atoms with Gasteiger partial charge in [-0.15, -0.1) is 0 Å². The maximum Gasteiger partial charge on any atom is 0.433 e. The van der Waals surface area contributed by atoms with Crippen molar-refractivity contribution in [3.05, 3.63) is 64.3 Å². The van der Waals surface area contributed by atoms with Gasteiger partial charge < -0.3 is 9.15 Å². The number of amides is 1. The number of nitro groups is 1. The molecule has 1 amide bonds. The first-order valence-electron chi connectivity index (χ1n) is 7.94. The fourth-order valence-electron chi connectivity index (χ4n) is 2.26. The molecule has 0 saturated heterocycles. The second kappa shape index (κ2) is 7.95. The van der Waals surface area contributed by atoms with Gasteiger partial charge in [0.05, 0.1) is 24.6 Å². The number of furan rings is 1. The van der Waals surface area contributed by atoms with Gasteiger partial charge >= 0.3 is 12.0 Å². The van der Waals surface area contributed by atoms with Crippen LogP contribution in [0.15, 0.2) is 58.2 Å². The smallest absolute Gasteiger partial charge is 0.433 e. The number of rotatable bonds is 6. The molecule has 0 radical (unpaired) electrons. The van der Waals surface area contributed by atoms with Crippen LogP contribution in [0, 0.1) is 10.1 Å². The van der Waals surface area contributed by atoms with Crippen LogP contribution >= 0.6 is 0 Å². The highest BCUT2D eigenvalue weighted by Crippen LogP contribution is 2.27. The van der Waals surface area contributed by atoms with Crippen LogP contribution in [0.25, 0.3) is 17.1 Å². The first-order chi connectivity index (χ1) is 13.1. The van der Waals surface area contributed by atoms with Crippen LogP contribution < -0.4 is 5.43 Å². The summed E-state index contributed by atoms with van der Waals surface area (Å²) in [4.78, 5) is 21.6. The zero-order valence-electron chi connectivity index (χ0n) is 14.2. The third kappa shape index (κ3) is 4.18. The first kappa shape index (κ1) is 17.9. The van der Waals surface area contributed by atoms with E-state index < -0.39 is 16.9 Å². The second-order valence-electron chi connectivity index (χ2n) is 5.20. The summed E-state index contributed by atoms with van der Waals surface area (Å²) in [6.45, 7) is 1.89. The molecule has 2 heterocycles. The van der Waals surface area contributed by atoms with E-state index in [1.54, 1.807) is 17.8 Å². The molecule has 0 aliphatic carbocycles. The minimum absolute atomic E-state index is 0.203. The van der Waals surface area contributed by atoms with Crippen molar-refractivity contribution in [1.82, 2.24) is 15.2 Å². The van der Waals surface area contributed by atoms with Crippen LogP contribution in [-0.4, -0.2) is 33.6 Å². The molecule has 3 rings (SSSR count). The molecule has 1 N–H and O–H groups in total. The van der Waals surface area contributed by atoms with E-state index in [0.717, 1.165) is 5.69 Å². The van der Waals surface area contributed by atoms with Crippen LogP contribution in [-0.2, 0) is 4.74 Å². The predicted molar refractivity (Wildman–Crippen MR) is 95.7 cm³/mol. The Labute approximate surface area is 153 Å². The molecule has 0 bridgehead atoms. The van der Waals surface area contributed by atoms with Crippen LogP contribution in [0.3, 0.4) is 0 Å². The highest BCUT2D eigenvalue weighted by molar-refractivity contribution is 5.88. The van der Waals surface area contributed by atoms with Gasteiger partial charge in [-0.3, -0.25) is 10.1 Å². The van der Waals surface area contributed by atoms with E-state index in [0.29, 0.717) is 11.3 Å². The largest absolute Gasteiger partial charge is 0.449 e. The molecular formula is C17H15N5O5. The fraction of sp³-hybridized carbons (Fsp3) is 0.118. The molecule has 0 saturated carbocycles. The minimum atomic E-state index is -0.695. The quantitative estimate of drug-likeness (QED) is 0.404. The van der Waals surface area contributed by atoms with Gasteiger partial charge in [-0.25, -0.2) is 14.9 Å². The van der Waals surface area contributed by atoms with Crippen LogP contribution in [0.5, 0.6) is 0 Å². The number of hydrogen-bond donors (Lipinski definition) is 1. The maximum atomic E-state index is 11.3. The summed E-state index contributed by atoms with van der Waals surface area (Å²) >= 11 is 0. The van der Waals surface area contributed by atoms with Crippen molar-refractivity contribution < 1.29 is 18.9 Å². The van der Waals surface area contributed by atoms with E-state index in [1.807, 2.05) is 30.3 Å². The molecule has 0 spiro atoms. The zero-order valence-corrected chi connectivity index (χ0v) is 14.2. The number of benzene rings is 1. The van der Waals surface area contributed by atoms with Crippen LogP contribution in [0.4, 0.5) is 10.7 Å². The lowest BCUT2D eigenvalue weighted by atomic mass is 10.2. The second-order valence-corrected chi connectivity index (χ2v) is 5.20. The number of ether oxygens (including phenoxy) is 1. The van der Waals surface area contributed by atoms with Gasteiger partial charge in [0.25, 0.3) is 0 Å². The van der Waals surface area contributed by atoms with E-state index in [-0.39, 0.29) is 12.4 Å². The molecule has 0 fully saturated rings. The lowest BCUT2D eigenvalue weighted by Gasteiger charge is -1.98. The Morgan fingerprint density at radius 3 is 2.81 bits per heavy atom. The average Bonchev–Trinajstić information content (AvgIpc) is 3.30. The Morgan fingerprint density at radius 1 is 1.37 bits per heavy atom. The molecule has 0 atom stereocenters. The van der Waals surface area contributed by atoms with Gasteiger partial charge in [0.2, 0.25) is 0 Å². The van der Waals surface area contributed by atoms with Gasteiger partial charge in [-0.1, -0.05) is 18.2 Å². The highest BCUT2D eigenvalue weighted by atomic mass is 16.6. The molecule has 1 aromatic carbocycles. The standard InChI is InChI=1S/C17H15N5O5/c1-2-26-17(23)19-18-10-12-11-21(13-6-4-3-5-7-13)20-16(12)14-8-9-15(27-14)22(24)25/h3-11H,2H2,1H3,(H,19,23)/b18-10+. The van der Waals surface area contributed by atoms with E-state index in [2.05, 4.69) is 15.6 Å². The van der Waals surface area contributed by atoms with E-state index >= 15 is 0 Å². The van der Waals surface area contributed by atoms with Crippen LogP contribution in [0.1, 0.15) is 12.5 Å². The Hall–Kier alpha value is -3.95. The summed E-state index contributed by atoms with van der Waals surface area (Å²) in [7, 11) is 0. The molecule has 0 aliphatic rings. The molecule has 3 aromatic rings. The average molecular weight is 369 g/mol. The number of para-hydroxylation sites is 1. The number of aromatic nitrogens is 2. The molecule has 138 valence electrons. The fourth-order valence-corrected chi connectivity index (χ4v) is 2.26. The van der Waals surface area contributed by atoms with Gasteiger partial charge in [-0.2, -0.15) is 10.2 Å². The molecule has 27 heavy (non-hydrogen) atoms. The lowest BCUT2D eigenvalue weighted by Crippen LogP contribution is -2.18. The molecule has 10 heteroatoms. The van der Waals surface area contributed by atoms with Crippen molar-refractivity contribution in [3.63, 3.8) is 0 Å². The number of nitrogens with zero attached hydrogens (tertiary/aromatic N) is 4. The molecule has 0 unspecified atom stereocenters. The van der Waals surface area contributed by atoms with Crippen molar-refractivity contribution in [2.75, 3.05) is 6.61 Å². The van der Waals surface area contributed by atoms with Crippen molar-refractivity contribution >= 4 is 18.2 Å². The van der Waals surface area contributed by atoms with Crippen molar-refractivity contribution in [1.29, 1.82) is 0 Å². The minimum Gasteiger partial charge on any atom is -0.449 e. The Morgan fingerprint density at radius 2 is 2.15 bits per heavy atom. The molecular weight excluding hydrogens is 354 g/mol. The third-order valence-corrected chi connectivity index (χ3v) is 3.40. The van der Waals surface area contributed by atoms with Gasteiger partial charge in [0.15, 0.2) is 5.76 Å². The third-order valence-electron chi connectivity index (χ3n) is 3.40. The predicted octanol–water partition coefficient (Wildman–Crippen LogP) is 3.12. The number of hydrazone groups is 1. The summed E-state index contributed by atoms with van der Waals surface area (Å²) in [5.74, 6) is -0.194. The summed E-state index contributed by atoms with van der Waals surface area (Å²) in [5, 5.41) is 19.1. The zero-order chi connectivity index (χ0) is 19.2. The number of hydrogen-bond acceptors (Lipinski definition) is 7. The lowest BCUT2D eigenvalue weighted by molar-refractivity contribution is -0.401. The Bertz CT molecular complexity index is 977. The topological polar surface area (TPSA) is 125 Å². The van der Waals surface area contributed by atoms with Crippen molar-refractivity contribution in [3.8, 4) is 17.1 Å². The van der Waals surface area contributed by atoms with Gasteiger partial charge in [0.1, 0.15) is 10.6 Å². The Balaban J connectivity index is 1.96. The SMILES string of the molecule is CCOC(=O)N/N=C/c1cn(-c2ccccc2)nc1-c1ccc([N+](=O)[O-])o1. The van der Waals surface area contributed by atoms with E-state index in [1.165, 1.54) is 18.3 Å². The van der Waals surface area contributed by atoms with Crippen molar-refractivity contribution in [2.45, 2.75) is 6.92 Å². The summed E-state index contributed by atoms with van der Waals surface area (Å²) in [5.41, 5.74) is 3.81. The van der Waals surface area contributed by atoms with Gasteiger partial charge in [-0.05, 0) is 25.1 Å². The van der Waals surface area contributed by atoms with E-state index in [4.69, 9.17) is 9.15 Å². The Kier molecular flexibility index (Phi) is 5.26. The monoisotopic (exact) mass is 369 g/mol. The van der Waals surface area contributed by atoms with Crippen LogP contribution in [0.2, 0.25) is 0 Å². The molecule has 0 aliphatic heterocycles. The number of nitrogens with one attached hydrogen (secondary N) is 1. The van der Waals surface area contributed by atoms with E-state index in [9.17, 15) is 14.9 Å². The summed E-state index contributed by atoms with van der Waals surface area (Å²) < 4.78 is 11.5. The first-order valence-corrected chi connectivity index (χ1v) is 7.94. The maximum absolute atomic E-state index is 11.3. The number of carbonyl (C=O) groups excluding carboxylic acids is 1. The molecule has 10 nitrogen and oxygen atoms in total. The number of carbonyl (C=O) groups is 1. The van der Waals surface area contributed by atoms with Crippen molar-refractivity contribution in [2.24, 2.45) is 5.10 Å². The molecule has 2 aromatic heterocycles. The highest BCUT2D eigenvalue weighted by Gasteiger charge is 2.18. The summed E-state index contributed by atoms with van der Waals surface area (Å²) in [6, 6.07) is 12.0.